The van der Waals surface area contributed by atoms with Gasteiger partial charge in [-0.05, 0) is 45.8 Å². The zero-order chi connectivity index (χ0) is 13.5. The van der Waals surface area contributed by atoms with Gasteiger partial charge in [0.2, 0.25) is 0 Å². The standard InChI is InChI=1S/C15H20N2O2/c1-15(2)12-5-3-4-6-13(12)17(14(18)19-15)11-7-9-16-10-8-11/h3-6,11,16H,7-10H2,1-2H3. The highest BCUT2D eigenvalue weighted by Gasteiger charge is 2.40. The van der Waals surface area contributed by atoms with E-state index < -0.39 is 5.60 Å². The Hall–Kier alpha value is -1.55. The summed E-state index contributed by atoms with van der Waals surface area (Å²) in [7, 11) is 0. The predicted octanol–water partition coefficient (Wildman–Crippen LogP) is 2.63. The highest BCUT2D eigenvalue weighted by atomic mass is 16.6. The second-order valence-corrected chi connectivity index (χ2v) is 5.75. The van der Waals surface area contributed by atoms with Gasteiger partial charge in [0.05, 0.1) is 5.69 Å². The normalized spacial score (nSPS) is 22.8. The molecule has 1 amide bonds. The Balaban J connectivity index is 2.02. The minimum atomic E-state index is -0.545. The number of anilines is 1. The van der Waals surface area contributed by atoms with E-state index in [0.717, 1.165) is 37.2 Å². The first-order valence-corrected chi connectivity index (χ1v) is 6.92. The molecule has 0 spiro atoms. The Labute approximate surface area is 113 Å². The van der Waals surface area contributed by atoms with Crippen LogP contribution in [0.25, 0.3) is 0 Å². The Morgan fingerprint density at radius 1 is 1.26 bits per heavy atom. The fourth-order valence-corrected chi connectivity index (χ4v) is 3.02. The lowest BCUT2D eigenvalue weighted by molar-refractivity contribution is 0.0326. The predicted molar refractivity (Wildman–Crippen MR) is 74.3 cm³/mol. The molecule has 3 rings (SSSR count). The summed E-state index contributed by atoms with van der Waals surface area (Å²) < 4.78 is 5.63. The number of hydrogen-bond acceptors (Lipinski definition) is 3. The zero-order valence-corrected chi connectivity index (χ0v) is 11.5. The van der Waals surface area contributed by atoms with Crippen LogP contribution in [-0.4, -0.2) is 25.2 Å². The van der Waals surface area contributed by atoms with Gasteiger partial charge in [0.1, 0.15) is 5.60 Å². The van der Waals surface area contributed by atoms with E-state index in [9.17, 15) is 4.79 Å². The molecule has 4 nitrogen and oxygen atoms in total. The molecule has 2 aliphatic rings. The second kappa shape index (κ2) is 4.53. The van der Waals surface area contributed by atoms with Crippen molar-refractivity contribution in [1.29, 1.82) is 0 Å². The van der Waals surface area contributed by atoms with Gasteiger partial charge in [-0.2, -0.15) is 0 Å². The third kappa shape index (κ3) is 2.10. The number of amides is 1. The van der Waals surface area contributed by atoms with Crippen LogP contribution in [0.2, 0.25) is 0 Å². The van der Waals surface area contributed by atoms with Gasteiger partial charge in [-0.25, -0.2) is 4.79 Å². The molecule has 2 aliphatic heterocycles. The van der Waals surface area contributed by atoms with Crippen molar-refractivity contribution >= 4 is 11.8 Å². The van der Waals surface area contributed by atoms with Crippen molar-refractivity contribution in [3.05, 3.63) is 29.8 Å². The third-order valence-electron chi connectivity index (χ3n) is 4.03. The molecule has 2 heterocycles. The molecule has 1 N–H and O–H groups in total. The number of nitrogens with zero attached hydrogens (tertiary/aromatic N) is 1. The summed E-state index contributed by atoms with van der Waals surface area (Å²) >= 11 is 0. The maximum atomic E-state index is 12.4. The molecule has 0 bridgehead atoms. The molecule has 0 aliphatic carbocycles. The topological polar surface area (TPSA) is 41.6 Å². The van der Waals surface area contributed by atoms with Crippen LogP contribution in [0.4, 0.5) is 10.5 Å². The summed E-state index contributed by atoms with van der Waals surface area (Å²) in [5.74, 6) is 0. The number of cyclic esters (lactones) is 1. The molecule has 0 radical (unpaired) electrons. The molecule has 102 valence electrons. The lowest BCUT2D eigenvalue weighted by atomic mass is 9.92. The van der Waals surface area contributed by atoms with E-state index in [1.165, 1.54) is 0 Å². The van der Waals surface area contributed by atoms with Gasteiger partial charge in [-0.3, -0.25) is 4.90 Å². The lowest BCUT2D eigenvalue weighted by Gasteiger charge is -2.43. The van der Waals surface area contributed by atoms with Crippen LogP contribution in [0.1, 0.15) is 32.3 Å². The van der Waals surface area contributed by atoms with Crippen LogP contribution in [0.3, 0.4) is 0 Å². The van der Waals surface area contributed by atoms with Crippen LogP contribution in [-0.2, 0) is 10.3 Å². The van der Waals surface area contributed by atoms with E-state index in [0.29, 0.717) is 0 Å². The monoisotopic (exact) mass is 260 g/mol. The molecule has 0 aromatic heterocycles. The number of piperidine rings is 1. The van der Waals surface area contributed by atoms with Gasteiger partial charge in [-0.15, -0.1) is 0 Å². The Bertz CT molecular complexity index is 493. The quantitative estimate of drug-likeness (QED) is 0.844. The van der Waals surface area contributed by atoms with E-state index in [-0.39, 0.29) is 12.1 Å². The first-order chi connectivity index (χ1) is 9.09. The summed E-state index contributed by atoms with van der Waals surface area (Å²) in [5.41, 5.74) is 1.56. The van der Waals surface area contributed by atoms with Crippen molar-refractivity contribution in [1.82, 2.24) is 5.32 Å². The zero-order valence-electron chi connectivity index (χ0n) is 11.5. The van der Waals surface area contributed by atoms with Crippen LogP contribution in [0.15, 0.2) is 24.3 Å². The molecule has 1 aromatic rings. The summed E-state index contributed by atoms with van der Waals surface area (Å²) in [5, 5.41) is 3.33. The van der Waals surface area contributed by atoms with E-state index in [1.807, 2.05) is 36.9 Å². The molecule has 19 heavy (non-hydrogen) atoms. The fourth-order valence-electron chi connectivity index (χ4n) is 3.02. The number of fused-ring (bicyclic) bond motifs is 1. The molecular weight excluding hydrogens is 240 g/mol. The molecular formula is C15H20N2O2. The number of rotatable bonds is 1. The minimum absolute atomic E-state index is 0.212. The number of nitrogens with one attached hydrogen (secondary N) is 1. The van der Waals surface area contributed by atoms with Gasteiger partial charge in [-0.1, -0.05) is 18.2 Å². The smallest absolute Gasteiger partial charge is 0.415 e. The summed E-state index contributed by atoms with van der Waals surface area (Å²) in [4.78, 5) is 14.2. The molecule has 1 saturated heterocycles. The lowest BCUT2D eigenvalue weighted by Crippen LogP contribution is -2.51. The molecule has 0 atom stereocenters. The number of para-hydroxylation sites is 1. The van der Waals surface area contributed by atoms with Crippen LogP contribution < -0.4 is 10.2 Å². The van der Waals surface area contributed by atoms with Crippen molar-refractivity contribution in [3.63, 3.8) is 0 Å². The summed E-state index contributed by atoms with van der Waals surface area (Å²) in [6, 6.07) is 8.31. The minimum Gasteiger partial charge on any atom is -0.438 e. The van der Waals surface area contributed by atoms with Gasteiger partial charge in [0.15, 0.2) is 0 Å². The molecule has 0 unspecified atom stereocenters. The van der Waals surface area contributed by atoms with Gasteiger partial charge >= 0.3 is 6.09 Å². The number of ether oxygens (including phenoxy) is 1. The largest absolute Gasteiger partial charge is 0.438 e. The number of benzene rings is 1. The Morgan fingerprint density at radius 2 is 1.95 bits per heavy atom. The SMILES string of the molecule is CC1(C)OC(=O)N(C2CCNCC2)c2ccccc21. The maximum absolute atomic E-state index is 12.4. The fraction of sp³-hybridized carbons (Fsp3) is 0.533. The number of carbonyl (C=O) groups excluding carboxylic acids is 1. The van der Waals surface area contributed by atoms with E-state index >= 15 is 0 Å². The molecule has 0 saturated carbocycles. The molecule has 1 aromatic carbocycles. The molecule has 4 heteroatoms. The Kier molecular flexibility index (Phi) is 2.97. The first kappa shape index (κ1) is 12.5. The maximum Gasteiger partial charge on any atom is 0.415 e. The number of carbonyl (C=O) groups is 1. The van der Waals surface area contributed by atoms with Gasteiger partial charge < -0.3 is 10.1 Å². The van der Waals surface area contributed by atoms with Crippen molar-refractivity contribution in [3.8, 4) is 0 Å². The van der Waals surface area contributed by atoms with Crippen molar-refractivity contribution in [2.45, 2.75) is 38.3 Å². The van der Waals surface area contributed by atoms with Gasteiger partial charge in [0, 0.05) is 11.6 Å². The van der Waals surface area contributed by atoms with Crippen molar-refractivity contribution < 1.29 is 9.53 Å². The van der Waals surface area contributed by atoms with E-state index in [1.54, 1.807) is 0 Å². The third-order valence-corrected chi connectivity index (χ3v) is 4.03. The van der Waals surface area contributed by atoms with Crippen molar-refractivity contribution in [2.75, 3.05) is 18.0 Å². The number of hydrogen-bond donors (Lipinski definition) is 1. The average Bonchev–Trinajstić information content (AvgIpc) is 2.39. The first-order valence-electron chi connectivity index (χ1n) is 6.92. The van der Waals surface area contributed by atoms with Crippen LogP contribution in [0.5, 0.6) is 0 Å². The van der Waals surface area contributed by atoms with Crippen LogP contribution in [0, 0.1) is 0 Å². The molecule has 1 fully saturated rings. The van der Waals surface area contributed by atoms with Gasteiger partial charge in [0.25, 0.3) is 0 Å². The Morgan fingerprint density at radius 3 is 2.68 bits per heavy atom. The summed E-state index contributed by atoms with van der Waals surface area (Å²) in [6.07, 6.45) is 1.74. The average molecular weight is 260 g/mol. The highest BCUT2D eigenvalue weighted by molar-refractivity contribution is 5.92. The van der Waals surface area contributed by atoms with Crippen molar-refractivity contribution in [2.24, 2.45) is 0 Å². The van der Waals surface area contributed by atoms with E-state index in [2.05, 4.69) is 11.4 Å². The second-order valence-electron chi connectivity index (χ2n) is 5.75. The van der Waals surface area contributed by atoms with E-state index in [4.69, 9.17) is 4.74 Å². The highest BCUT2D eigenvalue weighted by Crippen LogP contribution is 2.40. The summed E-state index contributed by atoms with van der Waals surface area (Å²) in [6.45, 7) is 5.81. The van der Waals surface area contributed by atoms with Crippen LogP contribution >= 0.6 is 0 Å².